The average Bonchev–Trinajstić information content (AvgIpc) is 3.17. The number of rotatable bonds is 4. The van der Waals surface area contributed by atoms with E-state index < -0.39 is 0 Å². The summed E-state index contributed by atoms with van der Waals surface area (Å²) in [7, 11) is 0. The lowest BCUT2D eigenvalue weighted by Crippen LogP contribution is -2.14. The molecule has 0 spiro atoms. The van der Waals surface area contributed by atoms with E-state index >= 15 is 0 Å². The number of nitrogens with zero attached hydrogens (tertiary/aromatic N) is 3. The molecule has 150 valence electrons. The van der Waals surface area contributed by atoms with E-state index in [1.165, 1.54) is 5.56 Å². The second kappa shape index (κ2) is 8.13. The summed E-state index contributed by atoms with van der Waals surface area (Å²) < 4.78 is 1.68. The predicted octanol–water partition coefficient (Wildman–Crippen LogP) is 5.77. The fraction of sp³-hybridized carbons (Fsp3) is 0.125. The summed E-state index contributed by atoms with van der Waals surface area (Å²) in [4.78, 5) is 17.4. The highest BCUT2D eigenvalue weighted by molar-refractivity contribution is 6.30. The second-order valence-electron chi connectivity index (χ2n) is 7.27. The molecule has 0 atom stereocenters. The number of hydrogen-bond acceptors (Lipinski definition) is 3. The molecule has 0 unspecified atom stereocenters. The Bertz CT molecular complexity index is 1150. The standard InChI is InChI=1S/C24H21ClN4O/c1-15-4-12-21(13-5-15)29-23(18-7-9-19(25)10-8-18)27-22(28-29)24(30)26-20-11-6-16(2)17(3)14-20/h4-14H,1-3H3,(H,26,30). The molecule has 0 aliphatic carbocycles. The zero-order valence-corrected chi connectivity index (χ0v) is 17.7. The Morgan fingerprint density at radius 1 is 0.900 bits per heavy atom. The molecule has 0 fully saturated rings. The molecule has 0 aliphatic heterocycles. The second-order valence-corrected chi connectivity index (χ2v) is 7.70. The number of hydrogen-bond donors (Lipinski definition) is 1. The van der Waals surface area contributed by atoms with Gasteiger partial charge >= 0.3 is 0 Å². The van der Waals surface area contributed by atoms with Gasteiger partial charge in [-0.2, -0.15) is 0 Å². The van der Waals surface area contributed by atoms with Crippen molar-refractivity contribution < 1.29 is 4.79 Å². The summed E-state index contributed by atoms with van der Waals surface area (Å²) in [5.41, 5.74) is 5.76. The molecule has 1 heterocycles. The van der Waals surface area contributed by atoms with Crippen LogP contribution in [0.4, 0.5) is 5.69 Å². The van der Waals surface area contributed by atoms with Gasteiger partial charge in [-0.25, -0.2) is 9.67 Å². The lowest BCUT2D eigenvalue weighted by molar-refractivity contribution is 0.101. The first-order chi connectivity index (χ1) is 14.4. The Morgan fingerprint density at radius 2 is 1.60 bits per heavy atom. The average molecular weight is 417 g/mol. The first-order valence-electron chi connectivity index (χ1n) is 9.59. The molecule has 0 saturated heterocycles. The van der Waals surface area contributed by atoms with Crippen molar-refractivity contribution in [2.45, 2.75) is 20.8 Å². The van der Waals surface area contributed by atoms with Crippen LogP contribution >= 0.6 is 11.6 Å². The summed E-state index contributed by atoms with van der Waals surface area (Å²) in [6, 6.07) is 21.0. The zero-order valence-electron chi connectivity index (χ0n) is 17.0. The molecule has 1 N–H and O–H groups in total. The third-order valence-electron chi connectivity index (χ3n) is 4.96. The monoisotopic (exact) mass is 416 g/mol. The Labute approximate surface area is 180 Å². The zero-order chi connectivity index (χ0) is 21.3. The van der Waals surface area contributed by atoms with Crippen LogP contribution in [-0.4, -0.2) is 20.7 Å². The molecule has 30 heavy (non-hydrogen) atoms. The van der Waals surface area contributed by atoms with Gasteiger partial charge in [0.15, 0.2) is 5.82 Å². The molecule has 0 bridgehead atoms. The first-order valence-corrected chi connectivity index (χ1v) is 9.97. The molecule has 1 amide bonds. The van der Waals surface area contributed by atoms with Gasteiger partial charge in [0.25, 0.3) is 5.91 Å². The topological polar surface area (TPSA) is 59.8 Å². The van der Waals surface area contributed by atoms with Crippen LogP contribution in [0.3, 0.4) is 0 Å². The van der Waals surface area contributed by atoms with Crippen molar-refractivity contribution in [3.63, 3.8) is 0 Å². The van der Waals surface area contributed by atoms with Crippen molar-refractivity contribution in [2.24, 2.45) is 0 Å². The van der Waals surface area contributed by atoms with E-state index in [0.29, 0.717) is 16.5 Å². The summed E-state index contributed by atoms with van der Waals surface area (Å²) in [6.45, 7) is 6.06. The number of benzene rings is 3. The minimum Gasteiger partial charge on any atom is -0.319 e. The van der Waals surface area contributed by atoms with Crippen LogP contribution < -0.4 is 5.32 Å². The van der Waals surface area contributed by atoms with E-state index in [4.69, 9.17) is 11.6 Å². The van der Waals surface area contributed by atoms with Crippen molar-refractivity contribution in [3.05, 3.63) is 94.3 Å². The van der Waals surface area contributed by atoms with Crippen molar-refractivity contribution >= 4 is 23.2 Å². The van der Waals surface area contributed by atoms with Crippen molar-refractivity contribution in [3.8, 4) is 17.1 Å². The maximum atomic E-state index is 12.9. The Balaban J connectivity index is 1.74. The summed E-state index contributed by atoms with van der Waals surface area (Å²) in [5.74, 6) is 0.304. The Hall–Kier alpha value is -3.44. The van der Waals surface area contributed by atoms with E-state index in [2.05, 4.69) is 15.4 Å². The van der Waals surface area contributed by atoms with Gasteiger partial charge in [0, 0.05) is 16.3 Å². The van der Waals surface area contributed by atoms with E-state index in [1.54, 1.807) is 16.8 Å². The third kappa shape index (κ3) is 4.11. The van der Waals surface area contributed by atoms with Gasteiger partial charge in [0.1, 0.15) is 0 Å². The number of aromatic nitrogens is 3. The molecule has 5 nitrogen and oxygen atoms in total. The molecule has 3 aromatic carbocycles. The summed E-state index contributed by atoms with van der Waals surface area (Å²) in [6.07, 6.45) is 0. The van der Waals surface area contributed by atoms with Gasteiger partial charge in [-0.3, -0.25) is 4.79 Å². The minimum atomic E-state index is -0.362. The smallest absolute Gasteiger partial charge is 0.295 e. The van der Waals surface area contributed by atoms with E-state index in [0.717, 1.165) is 22.4 Å². The number of carbonyl (C=O) groups is 1. The number of halogens is 1. The van der Waals surface area contributed by atoms with E-state index in [-0.39, 0.29) is 11.7 Å². The SMILES string of the molecule is Cc1ccc(-n2nc(C(=O)Nc3ccc(C)c(C)c3)nc2-c2ccc(Cl)cc2)cc1. The molecule has 1 aromatic heterocycles. The molecule has 0 radical (unpaired) electrons. The van der Waals surface area contributed by atoms with Crippen molar-refractivity contribution in [1.82, 2.24) is 14.8 Å². The molecule has 0 aliphatic rings. The number of carbonyl (C=O) groups excluding carboxylic acids is 1. The maximum Gasteiger partial charge on any atom is 0.295 e. The largest absolute Gasteiger partial charge is 0.319 e. The van der Waals surface area contributed by atoms with Crippen LogP contribution in [0.1, 0.15) is 27.3 Å². The van der Waals surface area contributed by atoms with E-state index in [1.807, 2.05) is 75.4 Å². The molecular formula is C24H21ClN4O. The van der Waals surface area contributed by atoms with Crippen LogP contribution in [-0.2, 0) is 0 Å². The highest BCUT2D eigenvalue weighted by atomic mass is 35.5. The van der Waals surface area contributed by atoms with Crippen molar-refractivity contribution in [2.75, 3.05) is 5.32 Å². The molecule has 0 saturated carbocycles. The van der Waals surface area contributed by atoms with Crippen molar-refractivity contribution in [1.29, 1.82) is 0 Å². The van der Waals surface area contributed by atoms with Crippen LogP contribution in [0.5, 0.6) is 0 Å². The highest BCUT2D eigenvalue weighted by Crippen LogP contribution is 2.24. The summed E-state index contributed by atoms with van der Waals surface area (Å²) in [5, 5.41) is 8.03. The van der Waals surface area contributed by atoms with Crippen LogP contribution in [0.25, 0.3) is 17.1 Å². The van der Waals surface area contributed by atoms with Gasteiger partial charge in [-0.15, -0.1) is 5.10 Å². The van der Waals surface area contributed by atoms with Crippen LogP contribution in [0.2, 0.25) is 5.02 Å². The Kier molecular flexibility index (Phi) is 5.38. The molecule has 4 aromatic rings. The predicted molar refractivity (Wildman–Crippen MR) is 120 cm³/mol. The van der Waals surface area contributed by atoms with Gasteiger partial charge in [-0.05, 0) is 80.4 Å². The lowest BCUT2D eigenvalue weighted by atomic mass is 10.1. The normalized spacial score (nSPS) is 10.8. The van der Waals surface area contributed by atoms with Gasteiger partial charge < -0.3 is 5.32 Å². The molecular weight excluding hydrogens is 396 g/mol. The van der Waals surface area contributed by atoms with Gasteiger partial charge in [0.2, 0.25) is 5.82 Å². The molecule has 4 rings (SSSR count). The highest BCUT2D eigenvalue weighted by Gasteiger charge is 2.19. The first kappa shape index (κ1) is 19.9. The Morgan fingerprint density at radius 3 is 2.27 bits per heavy atom. The van der Waals surface area contributed by atoms with Crippen LogP contribution in [0, 0.1) is 20.8 Å². The quantitative estimate of drug-likeness (QED) is 0.459. The minimum absolute atomic E-state index is 0.0961. The number of amides is 1. The van der Waals surface area contributed by atoms with Crippen LogP contribution in [0.15, 0.2) is 66.7 Å². The fourth-order valence-electron chi connectivity index (χ4n) is 3.07. The fourth-order valence-corrected chi connectivity index (χ4v) is 3.19. The number of aryl methyl sites for hydroxylation is 3. The van der Waals surface area contributed by atoms with E-state index in [9.17, 15) is 4.79 Å². The third-order valence-corrected chi connectivity index (χ3v) is 5.21. The maximum absolute atomic E-state index is 12.9. The summed E-state index contributed by atoms with van der Waals surface area (Å²) >= 11 is 6.04. The molecule has 6 heteroatoms. The number of anilines is 1. The van der Waals surface area contributed by atoms with Gasteiger partial charge in [-0.1, -0.05) is 35.4 Å². The lowest BCUT2D eigenvalue weighted by Gasteiger charge is -2.06. The number of nitrogens with one attached hydrogen (secondary N) is 1. The van der Waals surface area contributed by atoms with Gasteiger partial charge in [0.05, 0.1) is 5.69 Å².